The molecule has 8 heteroatoms. The van der Waals surface area contributed by atoms with Gasteiger partial charge in [0.25, 0.3) is 0 Å². The van der Waals surface area contributed by atoms with E-state index >= 15 is 0 Å². The Labute approximate surface area is 81.4 Å². The van der Waals surface area contributed by atoms with E-state index in [0.717, 1.165) is 6.92 Å². The number of alkyl halides is 7. The van der Waals surface area contributed by atoms with Gasteiger partial charge in [-0.1, -0.05) is 6.92 Å². The lowest BCUT2D eigenvalue weighted by atomic mass is 9.93. The van der Waals surface area contributed by atoms with Gasteiger partial charge in [0.2, 0.25) is 0 Å². The van der Waals surface area contributed by atoms with Crippen LogP contribution < -0.4 is 5.73 Å². The normalized spacial score (nSPS) is 16.6. The molecule has 0 aromatic heterocycles. The molecule has 0 unspecified atom stereocenters. The molecule has 1 nitrogen and oxygen atoms in total. The molecule has 0 bridgehead atoms. The van der Waals surface area contributed by atoms with Crippen molar-refractivity contribution in [2.45, 2.75) is 31.4 Å². The summed E-state index contributed by atoms with van der Waals surface area (Å²) >= 11 is 0. The van der Waals surface area contributed by atoms with Crippen LogP contribution in [0.3, 0.4) is 0 Å². The van der Waals surface area contributed by atoms with E-state index < -0.39 is 36.9 Å². The highest BCUT2D eigenvalue weighted by Gasteiger charge is 2.74. The number of hydrogen-bond donors (Lipinski definition) is 1. The zero-order valence-corrected chi connectivity index (χ0v) is 7.71. The Bertz CT molecular complexity index is 206. The molecule has 0 aliphatic carbocycles. The highest BCUT2D eigenvalue weighted by atomic mass is 19.4. The fraction of sp³-hybridized carbons (Fsp3) is 1.00. The summed E-state index contributed by atoms with van der Waals surface area (Å²) in [7, 11) is 0. The van der Waals surface area contributed by atoms with Crippen molar-refractivity contribution in [1.82, 2.24) is 0 Å². The molecule has 92 valence electrons. The van der Waals surface area contributed by atoms with Gasteiger partial charge in [0.15, 0.2) is 0 Å². The Morgan fingerprint density at radius 1 is 1.00 bits per heavy atom. The predicted octanol–water partition coefficient (Wildman–Crippen LogP) is 2.80. The molecule has 0 spiro atoms. The van der Waals surface area contributed by atoms with Gasteiger partial charge < -0.3 is 5.73 Å². The van der Waals surface area contributed by atoms with Gasteiger partial charge in [-0.2, -0.15) is 30.7 Å². The van der Waals surface area contributed by atoms with Crippen LogP contribution in [0.2, 0.25) is 0 Å². The molecule has 1 atom stereocenters. The van der Waals surface area contributed by atoms with Crippen LogP contribution in [0.15, 0.2) is 0 Å². The van der Waals surface area contributed by atoms with Crippen molar-refractivity contribution in [2.75, 3.05) is 6.54 Å². The average Bonchev–Trinajstić information content (AvgIpc) is 2.03. The van der Waals surface area contributed by atoms with Gasteiger partial charge in [0.1, 0.15) is 0 Å². The predicted molar refractivity (Wildman–Crippen MR) is 38.8 cm³/mol. The summed E-state index contributed by atoms with van der Waals surface area (Å²) in [5, 5.41) is 0. The van der Waals surface area contributed by atoms with E-state index in [1.807, 2.05) is 0 Å². The van der Waals surface area contributed by atoms with E-state index in [0.29, 0.717) is 0 Å². The molecular formula is C7H10F7N. The van der Waals surface area contributed by atoms with Crippen LogP contribution in [0.1, 0.15) is 13.3 Å². The van der Waals surface area contributed by atoms with Crippen molar-refractivity contribution in [3.8, 4) is 0 Å². The Kier molecular flexibility index (Phi) is 4.00. The molecule has 0 aliphatic rings. The van der Waals surface area contributed by atoms with Gasteiger partial charge in [-0.15, -0.1) is 0 Å². The molecule has 0 amide bonds. The minimum Gasteiger partial charge on any atom is -0.330 e. The Morgan fingerprint density at radius 3 is 1.60 bits per heavy atom. The lowest BCUT2D eigenvalue weighted by Gasteiger charge is -2.33. The zero-order chi connectivity index (χ0) is 12.5. The monoisotopic (exact) mass is 241 g/mol. The van der Waals surface area contributed by atoms with Crippen molar-refractivity contribution < 1.29 is 30.7 Å². The van der Waals surface area contributed by atoms with Crippen LogP contribution in [0.5, 0.6) is 0 Å². The maximum absolute atomic E-state index is 12.8. The van der Waals surface area contributed by atoms with Crippen molar-refractivity contribution in [2.24, 2.45) is 11.7 Å². The van der Waals surface area contributed by atoms with Crippen molar-refractivity contribution in [1.29, 1.82) is 0 Å². The molecule has 0 saturated heterocycles. The lowest BCUT2D eigenvalue weighted by molar-refractivity contribution is -0.365. The van der Waals surface area contributed by atoms with Crippen LogP contribution >= 0.6 is 0 Å². The van der Waals surface area contributed by atoms with Crippen LogP contribution in [0, 0.1) is 5.92 Å². The van der Waals surface area contributed by atoms with E-state index in [9.17, 15) is 30.7 Å². The molecular weight excluding hydrogens is 231 g/mol. The Balaban J connectivity index is 5.16. The van der Waals surface area contributed by atoms with Crippen molar-refractivity contribution >= 4 is 0 Å². The second-order valence-corrected chi connectivity index (χ2v) is 3.04. The minimum atomic E-state index is -6.28. The Morgan fingerprint density at radius 2 is 1.40 bits per heavy atom. The number of halogens is 7. The molecule has 0 rings (SSSR count). The Hall–Kier alpha value is -0.530. The maximum atomic E-state index is 12.8. The summed E-state index contributed by atoms with van der Waals surface area (Å²) in [6, 6.07) is 0. The van der Waals surface area contributed by atoms with E-state index in [-0.39, 0.29) is 0 Å². The first-order valence-corrected chi connectivity index (χ1v) is 4.04. The average molecular weight is 241 g/mol. The second kappa shape index (κ2) is 4.15. The molecule has 15 heavy (non-hydrogen) atoms. The minimum absolute atomic E-state index is 0.560. The second-order valence-electron chi connectivity index (χ2n) is 3.04. The van der Waals surface area contributed by atoms with Gasteiger partial charge >= 0.3 is 18.0 Å². The maximum Gasteiger partial charge on any atom is 0.459 e. The molecule has 2 N–H and O–H groups in total. The van der Waals surface area contributed by atoms with Gasteiger partial charge in [-0.25, -0.2) is 0 Å². The third-order valence-electron chi connectivity index (χ3n) is 2.06. The first kappa shape index (κ1) is 14.5. The number of rotatable bonds is 4. The summed E-state index contributed by atoms with van der Waals surface area (Å²) in [4.78, 5) is 0. The zero-order valence-electron chi connectivity index (χ0n) is 7.71. The SMILES string of the molecule is CC[C@H](CN)C(F)(F)C(F)(F)C(F)(F)F. The fourth-order valence-corrected chi connectivity index (χ4v) is 1.02. The summed E-state index contributed by atoms with van der Waals surface area (Å²) in [5.41, 5.74) is 4.73. The fourth-order valence-electron chi connectivity index (χ4n) is 1.02. The largest absolute Gasteiger partial charge is 0.459 e. The smallest absolute Gasteiger partial charge is 0.330 e. The van der Waals surface area contributed by atoms with E-state index in [2.05, 4.69) is 0 Å². The molecule has 0 radical (unpaired) electrons. The van der Waals surface area contributed by atoms with Crippen LogP contribution in [0.4, 0.5) is 30.7 Å². The highest BCUT2D eigenvalue weighted by Crippen LogP contribution is 2.50. The van der Waals surface area contributed by atoms with Crippen LogP contribution in [-0.4, -0.2) is 24.6 Å². The van der Waals surface area contributed by atoms with Gasteiger partial charge in [-0.05, 0) is 6.42 Å². The van der Waals surface area contributed by atoms with Gasteiger partial charge in [0.05, 0.1) is 0 Å². The lowest BCUT2D eigenvalue weighted by Crippen LogP contribution is -2.56. The van der Waals surface area contributed by atoms with Gasteiger partial charge in [0, 0.05) is 12.5 Å². The molecule has 0 aromatic carbocycles. The van der Waals surface area contributed by atoms with E-state index in [4.69, 9.17) is 5.73 Å². The van der Waals surface area contributed by atoms with Gasteiger partial charge in [-0.3, -0.25) is 0 Å². The molecule has 0 aromatic rings. The van der Waals surface area contributed by atoms with E-state index in [1.165, 1.54) is 0 Å². The number of hydrogen-bond acceptors (Lipinski definition) is 1. The quantitative estimate of drug-likeness (QED) is 0.752. The van der Waals surface area contributed by atoms with Crippen LogP contribution in [-0.2, 0) is 0 Å². The third kappa shape index (κ3) is 2.35. The van der Waals surface area contributed by atoms with Crippen LogP contribution in [0.25, 0.3) is 0 Å². The first-order chi connectivity index (χ1) is 6.52. The third-order valence-corrected chi connectivity index (χ3v) is 2.06. The summed E-state index contributed by atoms with van der Waals surface area (Å²) in [6.07, 6.45) is -6.84. The summed E-state index contributed by atoms with van der Waals surface area (Å²) < 4.78 is 85.5. The highest BCUT2D eigenvalue weighted by molar-refractivity contribution is 4.95. The molecule has 0 saturated carbocycles. The molecule has 0 fully saturated rings. The topological polar surface area (TPSA) is 26.0 Å². The molecule has 0 heterocycles. The first-order valence-electron chi connectivity index (χ1n) is 4.04. The molecule has 0 aliphatic heterocycles. The summed E-state index contributed by atoms with van der Waals surface area (Å²) in [6.45, 7) is 0.132. The van der Waals surface area contributed by atoms with E-state index in [1.54, 1.807) is 0 Å². The number of nitrogens with two attached hydrogens (primary N) is 1. The van der Waals surface area contributed by atoms with Crippen molar-refractivity contribution in [3.63, 3.8) is 0 Å². The summed E-state index contributed by atoms with van der Waals surface area (Å²) in [5.74, 6) is -13.4. The standard InChI is InChI=1S/C7H10F7N/c1-2-4(3-15)5(8,9)6(10,11)7(12,13)14/h4H,2-3,15H2,1H3/t4-/m1/s1. The van der Waals surface area contributed by atoms with Crippen molar-refractivity contribution in [3.05, 3.63) is 0 Å².